The summed E-state index contributed by atoms with van der Waals surface area (Å²) in [5.41, 5.74) is 4.23. The molecule has 0 unspecified atom stereocenters. The minimum absolute atomic E-state index is 0.378. The predicted octanol–water partition coefficient (Wildman–Crippen LogP) is 3.74. The lowest BCUT2D eigenvalue weighted by Crippen LogP contribution is -2.28. The Morgan fingerprint density at radius 2 is 1.92 bits per heavy atom. The van der Waals surface area contributed by atoms with Crippen molar-refractivity contribution in [3.63, 3.8) is 0 Å². The number of aromatic nitrogens is 4. The molecule has 3 aromatic rings. The molecule has 1 N–H and O–H groups in total. The summed E-state index contributed by atoms with van der Waals surface area (Å²) in [4.78, 5) is 13.5. The number of nitrogens with zero attached hydrogens (tertiary/aromatic N) is 4. The fraction of sp³-hybridized carbons (Fsp3) is 0.450. The molecule has 1 saturated heterocycles. The quantitative estimate of drug-likeness (QED) is 0.775. The number of fused-ring (bicyclic) bond motifs is 1. The first-order chi connectivity index (χ1) is 12.6. The molecule has 1 aliphatic heterocycles. The molecule has 0 spiro atoms. The van der Waals surface area contributed by atoms with Gasteiger partial charge in [-0.15, -0.1) is 0 Å². The van der Waals surface area contributed by atoms with Crippen LogP contribution in [0.4, 0.5) is 5.82 Å². The molecule has 3 aromatic heterocycles. The van der Waals surface area contributed by atoms with Crippen LogP contribution in [0.3, 0.4) is 0 Å². The first kappa shape index (κ1) is 17.0. The van der Waals surface area contributed by atoms with E-state index < -0.39 is 0 Å². The summed E-state index contributed by atoms with van der Waals surface area (Å²) in [5.74, 6) is 1.30. The van der Waals surface area contributed by atoms with E-state index in [1.807, 2.05) is 6.20 Å². The average molecular weight is 351 g/mol. The number of pyridine rings is 1. The van der Waals surface area contributed by atoms with Gasteiger partial charge in [0.15, 0.2) is 0 Å². The normalized spacial score (nSPS) is 15.7. The summed E-state index contributed by atoms with van der Waals surface area (Å²) < 4.78 is 7.61. The highest BCUT2D eigenvalue weighted by atomic mass is 16.5. The Morgan fingerprint density at radius 3 is 2.69 bits per heavy atom. The van der Waals surface area contributed by atoms with Gasteiger partial charge >= 0.3 is 0 Å². The van der Waals surface area contributed by atoms with Crippen molar-refractivity contribution >= 4 is 16.7 Å². The van der Waals surface area contributed by atoms with Crippen LogP contribution in [0.5, 0.6) is 0 Å². The summed E-state index contributed by atoms with van der Waals surface area (Å²) in [6.45, 7) is 5.93. The molecule has 0 saturated carbocycles. The van der Waals surface area contributed by atoms with Crippen molar-refractivity contribution in [1.29, 1.82) is 0 Å². The lowest BCUT2D eigenvalue weighted by molar-refractivity contribution is 0.0904. The maximum absolute atomic E-state index is 5.43. The smallest absolute Gasteiger partial charge is 0.128 e. The molecule has 4 rings (SSSR count). The van der Waals surface area contributed by atoms with E-state index in [4.69, 9.17) is 4.74 Å². The maximum Gasteiger partial charge on any atom is 0.128 e. The van der Waals surface area contributed by atoms with Gasteiger partial charge in [0.1, 0.15) is 12.1 Å². The molecule has 0 radical (unpaired) electrons. The monoisotopic (exact) mass is 351 g/mol. The molecule has 6 nitrogen and oxygen atoms in total. The molecule has 0 aromatic carbocycles. The number of rotatable bonds is 4. The maximum atomic E-state index is 5.43. The second-order valence-electron chi connectivity index (χ2n) is 7.23. The summed E-state index contributed by atoms with van der Waals surface area (Å²) in [5, 5.41) is 4.66. The van der Waals surface area contributed by atoms with Crippen molar-refractivity contribution in [2.24, 2.45) is 7.05 Å². The highest BCUT2D eigenvalue weighted by Gasteiger charge is 2.16. The fourth-order valence-corrected chi connectivity index (χ4v) is 3.43. The van der Waals surface area contributed by atoms with E-state index in [9.17, 15) is 0 Å². The minimum atomic E-state index is 0.378. The van der Waals surface area contributed by atoms with Crippen LogP contribution in [0.2, 0.25) is 0 Å². The second kappa shape index (κ2) is 7.03. The zero-order chi connectivity index (χ0) is 18.1. The molecule has 1 fully saturated rings. The van der Waals surface area contributed by atoms with Crippen LogP contribution < -0.4 is 5.32 Å². The fourth-order valence-electron chi connectivity index (χ4n) is 3.43. The van der Waals surface area contributed by atoms with E-state index in [1.54, 1.807) is 6.33 Å². The molecular weight excluding hydrogens is 326 g/mol. The van der Waals surface area contributed by atoms with Crippen molar-refractivity contribution in [2.45, 2.75) is 38.6 Å². The molecule has 1 aliphatic rings. The summed E-state index contributed by atoms with van der Waals surface area (Å²) >= 11 is 0. The Labute approximate surface area is 153 Å². The van der Waals surface area contributed by atoms with Crippen LogP contribution in [0, 0.1) is 0 Å². The molecule has 136 valence electrons. The number of hydrogen-bond acceptors (Lipinski definition) is 5. The third kappa shape index (κ3) is 3.29. The number of nitrogens with one attached hydrogen (secondary N) is 1. The molecule has 0 amide bonds. The van der Waals surface area contributed by atoms with E-state index >= 15 is 0 Å². The van der Waals surface area contributed by atoms with Gasteiger partial charge in [0.2, 0.25) is 0 Å². The SMILES string of the molecule is CC(C)c1cc(-c2cc3cnc(NC4CCOCC4)cc3n2C)ncn1. The van der Waals surface area contributed by atoms with E-state index in [0.717, 1.165) is 59.9 Å². The van der Waals surface area contributed by atoms with Crippen LogP contribution in [0.15, 0.2) is 30.7 Å². The van der Waals surface area contributed by atoms with Gasteiger partial charge in [-0.25, -0.2) is 15.0 Å². The molecule has 0 bridgehead atoms. The van der Waals surface area contributed by atoms with Gasteiger partial charge in [0.25, 0.3) is 0 Å². The largest absolute Gasteiger partial charge is 0.381 e. The molecule has 0 atom stereocenters. The van der Waals surface area contributed by atoms with E-state index in [2.05, 4.69) is 63.9 Å². The van der Waals surface area contributed by atoms with E-state index in [-0.39, 0.29) is 0 Å². The third-order valence-electron chi connectivity index (χ3n) is 5.04. The summed E-state index contributed by atoms with van der Waals surface area (Å²) in [7, 11) is 2.08. The van der Waals surface area contributed by atoms with Crippen LogP contribution in [0.1, 0.15) is 38.3 Å². The first-order valence-electron chi connectivity index (χ1n) is 9.24. The lowest BCUT2D eigenvalue weighted by atomic mass is 10.1. The molecular formula is C20H25N5O. The number of aryl methyl sites for hydroxylation is 1. The zero-order valence-electron chi connectivity index (χ0n) is 15.6. The number of anilines is 1. The highest BCUT2D eigenvalue weighted by Crippen LogP contribution is 2.28. The average Bonchev–Trinajstić information content (AvgIpc) is 2.99. The van der Waals surface area contributed by atoms with Crippen LogP contribution in [-0.2, 0) is 11.8 Å². The van der Waals surface area contributed by atoms with Gasteiger partial charge in [0.05, 0.1) is 16.9 Å². The number of hydrogen-bond donors (Lipinski definition) is 1. The lowest BCUT2D eigenvalue weighted by Gasteiger charge is -2.23. The Hall–Kier alpha value is -2.47. The van der Waals surface area contributed by atoms with Crippen molar-refractivity contribution < 1.29 is 4.74 Å². The topological polar surface area (TPSA) is 64.9 Å². The zero-order valence-corrected chi connectivity index (χ0v) is 15.6. The Bertz CT molecular complexity index is 912. The van der Waals surface area contributed by atoms with Crippen molar-refractivity contribution in [1.82, 2.24) is 19.5 Å². The van der Waals surface area contributed by atoms with Crippen molar-refractivity contribution in [3.8, 4) is 11.4 Å². The Kier molecular flexibility index (Phi) is 4.59. The van der Waals surface area contributed by atoms with E-state index in [1.165, 1.54) is 0 Å². The van der Waals surface area contributed by atoms with Gasteiger partial charge < -0.3 is 14.6 Å². The second-order valence-corrected chi connectivity index (χ2v) is 7.23. The number of ether oxygens (including phenoxy) is 1. The van der Waals surface area contributed by atoms with Crippen LogP contribution in [-0.4, -0.2) is 38.8 Å². The summed E-state index contributed by atoms with van der Waals surface area (Å²) in [6.07, 6.45) is 5.64. The van der Waals surface area contributed by atoms with Crippen molar-refractivity contribution in [2.75, 3.05) is 18.5 Å². The predicted molar refractivity (Wildman–Crippen MR) is 103 cm³/mol. The van der Waals surface area contributed by atoms with E-state index in [0.29, 0.717) is 12.0 Å². The standard InChI is InChI=1S/C20H25N5O/c1-13(2)16-9-17(23-12-22-16)19-8-14-11-21-20(10-18(14)25(19)3)24-15-4-6-26-7-5-15/h8-13,15H,4-7H2,1-3H3,(H,21,24). The van der Waals surface area contributed by atoms with Crippen LogP contribution in [0.25, 0.3) is 22.3 Å². The third-order valence-corrected chi connectivity index (χ3v) is 5.04. The van der Waals surface area contributed by atoms with Gasteiger partial charge in [-0.1, -0.05) is 13.8 Å². The van der Waals surface area contributed by atoms with Gasteiger partial charge in [-0.05, 0) is 30.9 Å². The Balaban J connectivity index is 1.67. The minimum Gasteiger partial charge on any atom is -0.381 e. The molecule has 0 aliphatic carbocycles. The molecule has 26 heavy (non-hydrogen) atoms. The van der Waals surface area contributed by atoms with Crippen molar-refractivity contribution in [3.05, 3.63) is 36.4 Å². The Morgan fingerprint density at radius 1 is 1.12 bits per heavy atom. The molecule has 6 heteroatoms. The van der Waals surface area contributed by atoms with Gasteiger partial charge in [0, 0.05) is 49.6 Å². The molecule has 4 heterocycles. The van der Waals surface area contributed by atoms with Gasteiger partial charge in [-0.3, -0.25) is 0 Å². The highest BCUT2D eigenvalue weighted by molar-refractivity contribution is 5.87. The summed E-state index contributed by atoms with van der Waals surface area (Å²) in [6, 6.07) is 6.78. The first-order valence-corrected chi connectivity index (χ1v) is 9.24. The van der Waals surface area contributed by atoms with Crippen LogP contribution >= 0.6 is 0 Å². The van der Waals surface area contributed by atoms with Gasteiger partial charge in [-0.2, -0.15) is 0 Å².